The molecule has 0 bridgehead atoms. The molecule has 32 heavy (non-hydrogen) atoms. The number of hydrogen-bond acceptors (Lipinski definition) is 5. The van der Waals surface area contributed by atoms with Gasteiger partial charge in [0.15, 0.2) is 0 Å². The summed E-state index contributed by atoms with van der Waals surface area (Å²) in [5, 5.41) is 12.1. The van der Waals surface area contributed by atoms with Crippen molar-refractivity contribution in [3.8, 4) is 0 Å². The molecule has 0 amide bonds. The maximum absolute atomic E-state index is 13.0. The van der Waals surface area contributed by atoms with Gasteiger partial charge >= 0.3 is 5.97 Å². The molecular weight excluding hydrogens is 428 g/mol. The fourth-order valence-corrected chi connectivity index (χ4v) is 4.27. The average Bonchev–Trinajstić information content (AvgIpc) is 2.77. The Morgan fingerprint density at radius 1 is 0.938 bits per heavy atom. The highest BCUT2D eigenvalue weighted by Gasteiger charge is 2.26. The first-order chi connectivity index (χ1) is 15.2. The van der Waals surface area contributed by atoms with Gasteiger partial charge in [-0.25, -0.2) is 4.79 Å². The largest absolute Gasteiger partial charge is 0.478 e. The number of carbonyl (C=O) groups is 2. The Labute approximate surface area is 184 Å². The highest BCUT2D eigenvalue weighted by atomic mass is 32.2. The standard InChI is InChI=1S/C24H18N2O5S/c1-15-9-11-18(12-10-15)32(30,31)26-21-14-22(23(27)20-8-3-2-7-19(20)21)25-17-6-4-5-16(13-17)24(28)29/h2-14,25H,1H3,(H,28,29)/b26-21+. The Morgan fingerprint density at radius 2 is 1.62 bits per heavy atom. The summed E-state index contributed by atoms with van der Waals surface area (Å²) >= 11 is 0. The number of fused-ring (bicyclic) bond motifs is 1. The molecular formula is C24H18N2O5S. The third-order valence-corrected chi connectivity index (χ3v) is 6.20. The maximum atomic E-state index is 13.0. The van der Waals surface area contributed by atoms with Crippen LogP contribution >= 0.6 is 0 Å². The maximum Gasteiger partial charge on any atom is 0.335 e. The van der Waals surface area contributed by atoms with Crippen molar-refractivity contribution in [1.29, 1.82) is 0 Å². The number of sulfonamides is 1. The Balaban J connectivity index is 1.80. The quantitative estimate of drug-likeness (QED) is 0.611. The van der Waals surface area contributed by atoms with E-state index in [1.165, 1.54) is 30.3 Å². The topological polar surface area (TPSA) is 113 Å². The number of nitrogens with one attached hydrogen (secondary N) is 1. The lowest BCUT2D eigenvalue weighted by molar-refractivity contribution is 0.0696. The van der Waals surface area contributed by atoms with Gasteiger partial charge in [-0.2, -0.15) is 12.8 Å². The molecule has 0 aromatic heterocycles. The Morgan fingerprint density at radius 3 is 2.31 bits per heavy atom. The van der Waals surface area contributed by atoms with Gasteiger partial charge in [-0.3, -0.25) is 4.79 Å². The third kappa shape index (κ3) is 4.21. The van der Waals surface area contributed by atoms with Gasteiger partial charge in [0.05, 0.1) is 21.9 Å². The molecule has 0 atom stereocenters. The molecule has 1 aliphatic rings. The molecule has 7 nitrogen and oxygen atoms in total. The SMILES string of the molecule is Cc1ccc(S(=O)(=O)/N=C2\C=C(Nc3cccc(C(=O)O)c3)C(=O)c3ccccc32)cc1. The Kier molecular flexibility index (Phi) is 5.46. The van der Waals surface area contributed by atoms with Crippen molar-refractivity contribution >= 4 is 33.2 Å². The third-order valence-electron chi connectivity index (χ3n) is 4.90. The zero-order valence-electron chi connectivity index (χ0n) is 16.9. The van der Waals surface area contributed by atoms with Crippen LogP contribution < -0.4 is 5.32 Å². The van der Waals surface area contributed by atoms with Crippen LogP contribution in [0.3, 0.4) is 0 Å². The molecule has 0 saturated carbocycles. The number of aryl methyl sites for hydroxylation is 1. The molecule has 1 aliphatic carbocycles. The number of ketones is 1. The van der Waals surface area contributed by atoms with Gasteiger partial charge in [0, 0.05) is 16.8 Å². The monoisotopic (exact) mass is 446 g/mol. The highest BCUT2D eigenvalue weighted by molar-refractivity contribution is 7.90. The molecule has 0 heterocycles. The first kappa shape index (κ1) is 21.2. The van der Waals surface area contributed by atoms with Crippen LogP contribution in [0.2, 0.25) is 0 Å². The molecule has 0 aliphatic heterocycles. The molecule has 0 fully saturated rings. The molecule has 0 saturated heterocycles. The van der Waals surface area contributed by atoms with E-state index in [0.717, 1.165) is 5.56 Å². The molecule has 0 spiro atoms. The van der Waals surface area contributed by atoms with Crippen LogP contribution in [0.25, 0.3) is 0 Å². The molecule has 3 aromatic carbocycles. The second kappa shape index (κ2) is 8.24. The van der Waals surface area contributed by atoms with Crippen molar-refractivity contribution in [2.45, 2.75) is 11.8 Å². The van der Waals surface area contributed by atoms with Crippen molar-refractivity contribution in [3.05, 3.63) is 107 Å². The molecule has 160 valence electrons. The van der Waals surface area contributed by atoms with E-state index < -0.39 is 16.0 Å². The lowest BCUT2D eigenvalue weighted by Crippen LogP contribution is -2.22. The van der Waals surface area contributed by atoms with E-state index in [1.54, 1.807) is 48.5 Å². The summed E-state index contributed by atoms with van der Waals surface area (Å²) in [4.78, 5) is 24.3. The molecule has 8 heteroatoms. The summed E-state index contributed by atoms with van der Waals surface area (Å²) < 4.78 is 29.8. The van der Waals surface area contributed by atoms with E-state index in [4.69, 9.17) is 0 Å². The summed E-state index contributed by atoms with van der Waals surface area (Å²) in [6.07, 6.45) is 1.36. The number of Topliss-reactive ketones (excluding diaryl/α,β-unsaturated/α-hetero) is 1. The number of anilines is 1. The predicted octanol–water partition coefficient (Wildman–Crippen LogP) is 4.06. The summed E-state index contributed by atoms with van der Waals surface area (Å²) in [7, 11) is -4.02. The average molecular weight is 446 g/mol. The fourth-order valence-electron chi connectivity index (χ4n) is 3.28. The minimum atomic E-state index is -4.02. The molecule has 3 aromatic rings. The second-order valence-corrected chi connectivity index (χ2v) is 8.81. The lowest BCUT2D eigenvalue weighted by Gasteiger charge is -2.19. The van der Waals surface area contributed by atoms with Gasteiger partial charge in [-0.1, -0.05) is 48.0 Å². The minimum Gasteiger partial charge on any atom is -0.478 e. The number of rotatable bonds is 5. The summed E-state index contributed by atoms with van der Waals surface area (Å²) in [5.41, 5.74) is 2.24. The Hall–Kier alpha value is -4.04. The van der Waals surface area contributed by atoms with Crippen molar-refractivity contribution in [2.24, 2.45) is 4.40 Å². The van der Waals surface area contributed by atoms with E-state index in [1.807, 2.05) is 6.92 Å². The van der Waals surface area contributed by atoms with Crippen molar-refractivity contribution < 1.29 is 23.1 Å². The lowest BCUT2D eigenvalue weighted by atomic mass is 9.92. The molecule has 0 unspecified atom stereocenters. The summed E-state index contributed by atoms with van der Waals surface area (Å²) in [5.74, 6) is -1.46. The van der Waals surface area contributed by atoms with Gasteiger partial charge in [0.2, 0.25) is 5.78 Å². The van der Waals surface area contributed by atoms with Crippen LogP contribution in [0.1, 0.15) is 31.8 Å². The van der Waals surface area contributed by atoms with Crippen LogP contribution in [0.15, 0.2) is 93.9 Å². The number of carboxylic acids is 1. The fraction of sp³-hybridized carbons (Fsp3) is 0.0417. The van der Waals surface area contributed by atoms with Crippen LogP contribution in [0.5, 0.6) is 0 Å². The first-order valence-electron chi connectivity index (χ1n) is 9.62. The van der Waals surface area contributed by atoms with E-state index in [2.05, 4.69) is 9.71 Å². The summed E-state index contributed by atoms with van der Waals surface area (Å²) in [6.45, 7) is 1.85. The van der Waals surface area contributed by atoms with Crippen LogP contribution in [-0.4, -0.2) is 31.0 Å². The van der Waals surface area contributed by atoms with Gasteiger partial charge in [0.1, 0.15) is 0 Å². The second-order valence-electron chi connectivity index (χ2n) is 7.21. The van der Waals surface area contributed by atoms with Crippen molar-refractivity contribution in [2.75, 3.05) is 5.32 Å². The predicted molar refractivity (Wildman–Crippen MR) is 121 cm³/mol. The highest BCUT2D eigenvalue weighted by Crippen LogP contribution is 2.25. The zero-order chi connectivity index (χ0) is 22.9. The van der Waals surface area contributed by atoms with E-state index in [9.17, 15) is 23.1 Å². The Bertz CT molecular complexity index is 1400. The van der Waals surface area contributed by atoms with E-state index in [0.29, 0.717) is 16.8 Å². The molecule has 2 N–H and O–H groups in total. The van der Waals surface area contributed by atoms with Crippen LogP contribution in [-0.2, 0) is 10.0 Å². The number of benzene rings is 3. The number of allylic oxidation sites excluding steroid dienone is 2. The summed E-state index contributed by atoms with van der Waals surface area (Å²) in [6, 6.07) is 18.9. The number of carboxylic acid groups (broad SMARTS) is 1. The number of aromatic carboxylic acids is 1. The van der Waals surface area contributed by atoms with Crippen molar-refractivity contribution in [3.63, 3.8) is 0 Å². The zero-order valence-corrected chi connectivity index (χ0v) is 17.8. The van der Waals surface area contributed by atoms with Gasteiger partial charge in [-0.15, -0.1) is 0 Å². The number of carbonyl (C=O) groups excluding carboxylic acids is 1. The number of hydrogen-bond donors (Lipinski definition) is 2. The molecule has 0 radical (unpaired) electrons. The van der Waals surface area contributed by atoms with Crippen LogP contribution in [0.4, 0.5) is 5.69 Å². The van der Waals surface area contributed by atoms with Crippen molar-refractivity contribution in [1.82, 2.24) is 0 Å². The van der Waals surface area contributed by atoms with Gasteiger partial charge < -0.3 is 10.4 Å². The van der Waals surface area contributed by atoms with E-state index in [-0.39, 0.29) is 27.7 Å². The normalized spacial score (nSPS) is 14.6. The van der Waals surface area contributed by atoms with Gasteiger partial charge in [-0.05, 0) is 43.3 Å². The first-order valence-corrected chi connectivity index (χ1v) is 11.1. The smallest absolute Gasteiger partial charge is 0.335 e. The van der Waals surface area contributed by atoms with Crippen LogP contribution in [0, 0.1) is 6.92 Å². The number of nitrogens with zero attached hydrogens (tertiary/aromatic N) is 1. The van der Waals surface area contributed by atoms with Gasteiger partial charge in [0.25, 0.3) is 10.0 Å². The molecule has 4 rings (SSSR count). The van der Waals surface area contributed by atoms with E-state index >= 15 is 0 Å². The minimum absolute atomic E-state index is 0.0436.